The molecule has 0 aliphatic carbocycles. The number of thioether (sulfide) groups is 1. The Morgan fingerprint density at radius 3 is 2.45 bits per heavy atom. The van der Waals surface area contributed by atoms with Crippen molar-refractivity contribution in [1.82, 2.24) is 5.27 Å². The average molecular weight is 444 g/mol. The number of hydrogen-bond acceptors (Lipinski definition) is 7. The van der Waals surface area contributed by atoms with Crippen molar-refractivity contribution in [2.24, 2.45) is 0 Å². The highest BCUT2D eigenvalue weighted by Crippen LogP contribution is 2.21. The first-order valence-corrected chi connectivity index (χ1v) is 10.3. The van der Waals surface area contributed by atoms with Crippen LogP contribution >= 0.6 is 11.8 Å². The molecule has 1 unspecified atom stereocenters. The molecular formula is C21H22N3O6S+. The van der Waals surface area contributed by atoms with Gasteiger partial charge in [0.2, 0.25) is 11.6 Å². The first-order chi connectivity index (χ1) is 14.9. The monoisotopic (exact) mass is 444 g/mol. The number of amides is 1. The zero-order chi connectivity index (χ0) is 22.4. The normalized spacial score (nSPS) is 11.6. The minimum absolute atomic E-state index is 0.227. The molecule has 162 valence electrons. The highest BCUT2D eigenvalue weighted by atomic mass is 32.2. The fourth-order valence-corrected chi connectivity index (χ4v) is 3.52. The van der Waals surface area contributed by atoms with Crippen molar-refractivity contribution in [3.63, 3.8) is 0 Å². The first-order valence-electron chi connectivity index (χ1n) is 9.45. The SMILES string of the molecule is CCOC(=O)c1ccc(NC(=O)C(C)Sc2c(=O)o[nH][n+]2-c2ccc(OC)cc2)cc1. The molecule has 2 N–H and O–H groups in total. The summed E-state index contributed by atoms with van der Waals surface area (Å²) < 4.78 is 16.5. The number of hydrogen-bond donors (Lipinski definition) is 2. The Bertz CT molecular complexity index is 1110. The van der Waals surface area contributed by atoms with Crippen molar-refractivity contribution in [1.29, 1.82) is 0 Å². The van der Waals surface area contributed by atoms with Gasteiger partial charge in [0.1, 0.15) is 5.75 Å². The molecule has 0 fully saturated rings. The molecule has 0 saturated carbocycles. The Labute approximate surface area is 182 Å². The fraction of sp³-hybridized carbons (Fsp3) is 0.238. The van der Waals surface area contributed by atoms with Gasteiger partial charge in [0.15, 0.2) is 0 Å². The van der Waals surface area contributed by atoms with Gasteiger partial charge < -0.3 is 14.8 Å². The van der Waals surface area contributed by atoms with Gasteiger partial charge in [-0.05, 0) is 72.0 Å². The molecule has 31 heavy (non-hydrogen) atoms. The van der Waals surface area contributed by atoms with E-state index < -0.39 is 16.8 Å². The zero-order valence-corrected chi connectivity index (χ0v) is 18.0. The first kappa shape index (κ1) is 22.2. The Morgan fingerprint density at radius 1 is 1.16 bits per heavy atom. The van der Waals surface area contributed by atoms with E-state index in [0.717, 1.165) is 11.8 Å². The molecule has 1 atom stereocenters. The van der Waals surface area contributed by atoms with Crippen molar-refractivity contribution < 1.29 is 28.3 Å². The number of benzene rings is 2. The van der Waals surface area contributed by atoms with Crippen LogP contribution in [0.5, 0.6) is 5.75 Å². The number of carbonyl (C=O) groups excluding carboxylic acids is 2. The van der Waals surface area contributed by atoms with E-state index in [1.165, 1.54) is 4.68 Å². The van der Waals surface area contributed by atoms with Crippen LogP contribution in [0.1, 0.15) is 24.2 Å². The number of esters is 1. The highest BCUT2D eigenvalue weighted by molar-refractivity contribution is 8.00. The lowest BCUT2D eigenvalue weighted by atomic mass is 10.2. The summed E-state index contributed by atoms with van der Waals surface area (Å²) in [5.74, 6) is -0.0616. The molecule has 1 amide bonds. The molecule has 0 saturated heterocycles. The van der Waals surface area contributed by atoms with Crippen LogP contribution < -0.4 is 20.4 Å². The molecule has 1 heterocycles. The Hall–Kier alpha value is -3.53. The largest absolute Gasteiger partial charge is 0.497 e. The number of rotatable bonds is 8. The molecule has 0 radical (unpaired) electrons. The number of carbonyl (C=O) groups is 2. The van der Waals surface area contributed by atoms with Crippen molar-refractivity contribution in [3.05, 3.63) is 64.5 Å². The summed E-state index contributed by atoms with van der Waals surface area (Å²) in [4.78, 5) is 36.5. The van der Waals surface area contributed by atoms with Gasteiger partial charge in [0, 0.05) is 17.8 Å². The fourth-order valence-electron chi connectivity index (χ4n) is 2.63. The maximum Gasteiger partial charge on any atom is 0.442 e. The third kappa shape index (κ3) is 5.34. The van der Waals surface area contributed by atoms with Crippen molar-refractivity contribution in [3.8, 4) is 11.4 Å². The highest BCUT2D eigenvalue weighted by Gasteiger charge is 2.29. The minimum atomic E-state index is -0.604. The van der Waals surface area contributed by atoms with E-state index in [9.17, 15) is 14.4 Å². The quantitative estimate of drug-likeness (QED) is 0.312. The summed E-state index contributed by atoms with van der Waals surface area (Å²) in [5.41, 5.74) is 0.984. The van der Waals surface area contributed by atoms with E-state index >= 15 is 0 Å². The Morgan fingerprint density at radius 2 is 1.84 bits per heavy atom. The van der Waals surface area contributed by atoms with Crippen LogP contribution in [0.25, 0.3) is 5.69 Å². The van der Waals surface area contributed by atoms with Crippen LogP contribution in [0.15, 0.2) is 62.9 Å². The average Bonchev–Trinajstić information content (AvgIpc) is 3.14. The smallest absolute Gasteiger partial charge is 0.442 e. The van der Waals surface area contributed by atoms with E-state index in [0.29, 0.717) is 22.7 Å². The van der Waals surface area contributed by atoms with Crippen LogP contribution in [-0.2, 0) is 9.53 Å². The number of nitrogens with zero attached hydrogens (tertiary/aromatic N) is 1. The molecule has 2 aromatic carbocycles. The molecule has 3 rings (SSSR count). The molecular weight excluding hydrogens is 422 g/mol. The van der Waals surface area contributed by atoms with Crippen LogP contribution in [0.2, 0.25) is 0 Å². The van der Waals surface area contributed by atoms with Crippen molar-refractivity contribution in [2.45, 2.75) is 24.1 Å². The number of anilines is 1. The molecule has 0 aliphatic heterocycles. The summed E-state index contributed by atoms with van der Waals surface area (Å²) in [5, 5.41) is 4.93. The van der Waals surface area contributed by atoms with Crippen molar-refractivity contribution >= 4 is 29.3 Å². The summed E-state index contributed by atoms with van der Waals surface area (Å²) in [6, 6.07) is 13.4. The zero-order valence-electron chi connectivity index (χ0n) is 17.2. The Balaban J connectivity index is 1.69. The van der Waals surface area contributed by atoms with E-state index in [1.54, 1.807) is 69.5 Å². The molecule has 0 spiro atoms. The summed E-state index contributed by atoms with van der Waals surface area (Å²) in [6.07, 6.45) is 0. The summed E-state index contributed by atoms with van der Waals surface area (Å²) >= 11 is 1.06. The third-order valence-electron chi connectivity index (χ3n) is 4.26. The third-order valence-corrected chi connectivity index (χ3v) is 5.40. The van der Waals surface area contributed by atoms with E-state index in [1.807, 2.05) is 0 Å². The van der Waals surface area contributed by atoms with Crippen LogP contribution in [-0.4, -0.2) is 36.1 Å². The predicted octanol–water partition coefficient (Wildman–Crippen LogP) is 2.55. The van der Waals surface area contributed by atoms with Gasteiger partial charge in [-0.2, -0.15) is 0 Å². The number of methoxy groups -OCH3 is 1. The Kier molecular flexibility index (Phi) is 7.14. The maximum absolute atomic E-state index is 12.6. The van der Waals surface area contributed by atoms with Crippen LogP contribution in [0.4, 0.5) is 5.69 Å². The molecule has 0 aliphatic rings. The van der Waals surface area contributed by atoms with Crippen LogP contribution in [0, 0.1) is 0 Å². The molecule has 0 bridgehead atoms. The van der Waals surface area contributed by atoms with Gasteiger partial charge in [0.25, 0.3) is 0 Å². The van der Waals surface area contributed by atoms with E-state index in [-0.39, 0.29) is 17.5 Å². The predicted molar refractivity (Wildman–Crippen MR) is 114 cm³/mol. The molecule has 10 heteroatoms. The van der Waals surface area contributed by atoms with E-state index in [2.05, 4.69) is 10.6 Å². The van der Waals surface area contributed by atoms with Gasteiger partial charge in [-0.25, -0.2) is 9.59 Å². The standard InChI is InChI=1S/C21H21N3O6S/c1-4-29-20(26)14-5-7-15(8-6-14)22-18(25)13(2)31-19-21(27)30-23-24(19)16-9-11-17(28-3)12-10-16/h5-13H,4H2,1-3H3,(H-,22,23,25,26,27)/p+1. The topological polar surface area (TPSA) is 115 Å². The second kappa shape index (κ2) is 9.98. The number of aromatic amines is 1. The lowest BCUT2D eigenvalue weighted by Crippen LogP contribution is -2.37. The van der Waals surface area contributed by atoms with E-state index in [4.69, 9.17) is 14.0 Å². The van der Waals surface area contributed by atoms with Crippen molar-refractivity contribution in [2.75, 3.05) is 19.0 Å². The van der Waals surface area contributed by atoms with Gasteiger partial charge in [-0.3, -0.25) is 9.32 Å². The lowest BCUT2D eigenvalue weighted by molar-refractivity contribution is -0.704. The number of aromatic nitrogens is 2. The second-order valence-corrected chi connectivity index (χ2v) is 7.70. The van der Waals surface area contributed by atoms with Gasteiger partial charge in [0.05, 0.1) is 24.5 Å². The summed E-state index contributed by atoms with van der Waals surface area (Å²) in [7, 11) is 1.56. The maximum atomic E-state index is 12.6. The summed E-state index contributed by atoms with van der Waals surface area (Å²) in [6.45, 7) is 3.70. The van der Waals surface area contributed by atoms with Gasteiger partial charge in [-0.1, -0.05) is 0 Å². The van der Waals surface area contributed by atoms with Gasteiger partial charge >= 0.3 is 16.6 Å². The number of nitrogens with one attached hydrogen (secondary N) is 2. The lowest BCUT2D eigenvalue weighted by Gasteiger charge is -2.10. The second-order valence-electron chi connectivity index (χ2n) is 6.37. The molecule has 1 aromatic heterocycles. The number of ether oxygens (including phenoxy) is 2. The number of H-pyrrole nitrogens is 1. The van der Waals surface area contributed by atoms with Crippen LogP contribution in [0.3, 0.4) is 0 Å². The molecule has 9 nitrogen and oxygen atoms in total. The van der Waals surface area contributed by atoms with Gasteiger partial charge in [-0.15, -0.1) is 0 Å². The molecule has 3 aromatic rings. The minimum Gasteiger partial charge on any atom is -0.497 e.